The molecule has 0 saturated carbocycles. The minimum Gasteiger partial charge on any atom is -0.457 e. The summed E-state index contributed by atoms with van der Waals surface area (Å²) >= 11 is 1.57. The van der Waals surface area contributed by atoms with E-state index in [1.165, 1.54) is 0 Å². The molecule has 0 bridgehead atoms. The van der Waals surface area contributed by atoms with Crippen LogP contribution in [0.25, 0.3) is 16.3 Å². The molecule has 0 spiro atoms. The summed E-state index contributed by atoms with van der Waals surface area (Å²) in [4.78, 5) is 1.23. The van der Waals surface area contributed by atoms with Crippen LogP contribution in [0, 0.1) is 6.92 Å². The molecule has 7 heteroatoms. The molecule has 0 amide bonds. The fourth-order valence-electron chi connectivity index (χ4n) is 3.69. The number of benzene rings is 3. The molecule has 0 aliphatic carbocycles. The summed E-state index contributed by atoms with van der Waals surface area (Å²) in [5.41, 5.74) is 3.25. The lowest BCUT2D eigenvalue weighted by Gasteiger charge is -2.11. The summed E-state index contributed by atoms with van der Waals surface area (Å²) in [6.45, 7) is 1.99. The number of para-hydroxylation sites is 2. The number of thiophene rings is 1. The SMILES string of the molecule is Cc1ccccc1-n1nc(-c2cccs2)cc1CS(=O)(=O)c1ccc(Oc2ccccc2)cc1. The van der Waals surface area contributed by atoms with Crippen LogP contribution in [0.15, 0.2) is 107 Å². The van der Waals surface area contributed by atoms with Crippen LogP contribution >= 0.6 is 11.3 Å². The van der Waals surface area contributed by atoms with Gasteiger partial charge < -0.3 is 4.74 Å². The summed E-state index contributed by atoms with van der Waals surface area (Å²) < 4.78 is 34.2. The van der Waals surface area contributed by atoms with Crippen LogP contribution in [0.5, 0.6) is 11.5 Å². The summed E-state index contributed by atoms with van der Waals surface area (Å²) in [7, 11) is -3.61. The molecule has 0 saturated heterocycles. The largest absolute Gasteiger partial charge is 0.457 e. The predicted molar refractivity (Wildman–Crippen MR) is 135 cm³/mol. The molecule has 0 aliphatic heterocycles. The monoisotopic (exact) mass is 486 g/mol. The number of aryl methyl sites for hydroxylation is 1. The van der Waals surface area contributed by atoms with Gasteiger partial charge in [-0.25, -0.2) is 13.1 Å². The summed E-state index contributed by atoms with van der Waals surface area (Å²) in [5, 5.41) is 6.75. The van der Waals surface area contributed by atoms with Gasteiger partial charge in [-0.2, -0.15) is 5.10 Å². The second-order valence-electron chi connectivity index (χ2n) is 7.84. The lowest BCUT2D eigenvalue weighted by molar-refractivity contribution is 0.482. The van der Waals surface area contributed by atoms with Crippen molar-refractivity contribution in [2.24, 2.45) is 0 Å². The van der Waals surface area contributed by atoms with Crippen LogP contribution in [-0.4, -0.2) is 18.2 Å². The average Bonchev–Trinajstić information content (AvgIpc) is 3.51. The molecule has 2 heterocycles. The van der Waals surface area contributed by atoms with Gasteiger partial charge in [-0.3, -0.25) is 0 Å². The summed E-state index contributed by atoms with van der Waals surface area (Å²) in [6.07, 6.45) is 0. The van der Waals surface area contributed by atoms with Gasteiger partial charge in [0, 0.05) is 0 Å². The van der Waals surface area contributed by atoms with Crippen LogP contribution in [0.3, 0.4) is 0 Å². The molecule has 0 radical (unpaired) electrons. The summed E-state index contributed by atoms with van der Waals surface area (Å²) in [5.74, 6) is 1.11. The Labute approximate surface area is 202 Å². The average molecular weight is 487 g/mol. The first kappa shape index (κ1) is 22.1. The second-order valence-corrected chi connectivity index (χ2v) is 10.8. The van der Waals surface area contributed by atoms with Crippen LogP contribution < -0.4 is 4.74 Å². The van der Waals surface area contributed by atoms with E-state index in [0.717, 1.165) is 21.8 Å². The third-order valence-corrected chi connectivity index (χ3v) is 7.96. The van der Waals surface area contributed by atoms with Crippen molar-refractivity contribution in [3.63, 3.8) is 0 Å². The van der Waals surface area contributed by atoms with E-state index in [0.29, 0.717) is 17.2 Å². The molecule has 34 heavy (non-hydrogen) atoms. The molecule has 2 aromatic heterocycles. The first-order valence-corrected chi connectivity index (χ1v) is 13.3. The Morgan fingerprint density at radius 3 is 2.26 bits per heavy atom. The fraction of sp³-hybridized carbons (Fsp3) is 0.0741. The zero-order valence-corrected chi connectivity index (χ0v) is 20.1. The van der Waals surface area contributed by atoms with Crippen molar-refractivity contribution in [3.8, 4) is 27.8 Å². The number of rotatable bonds is 7. The molecular weight excluding hydrogens is 464 g/mol. The predicted octanol–water partition coefficient (Wildman–Crippen LogP) is 6.68. The molecule has 0 aliphatic rings. The fourth-order valence-corrected chi connectivity index (χ4v) is 5.69. The van der Waals surface area contributed by atoms with Gasteiger partial charge in [0.1, 0.15) is 17.2 Å². The van der Waals surface area contributed by atoms with Crippen molar-refractivity contribution < 1.29 is 13.2 Å². The minimum absolute atomic E-state index is 0.168. The van der Waals surface area contributed by atoms with E-state index < -0.39 is 9.84 Å². The van der Waals surface area contributed by atoms with E-state index in [1.807, 2.05) is 85.1 Å². The molecule has 170 valence electrons. The van der Waals surface area contributed by atoms with Crippen LogP contribution in [0.1, 0.15) is 11.3 Å². The topological polar surface area (TPSA) is 61.2 Å². The van der Waals surface area contributed by atoms with Gasteiger partial charge >= 0.3 is 0 Å². The lowest BCUT2D eigenvalue weighted by Crippen LogP contribution is -2.10. The number of hydrogen-bond acceptors (Lipinski definition) is 5. The number of ether oxygens (including phenoxy) is 1. The third kappa shape index (κ3) is 4.66. The van der Waals surface area contributed by atoms with E-state index >= 15 is 0 Å². The molecule has 0 atom stereocenters. The van der Waals surface area contributed by atoms with E-state index in [2.05, 4.69) is 0 Å². The maximum absolute atomic E-state index is 13.4. The molecular formula is C27H22N2O3S2. The highest BCUT2D eigenvalue weighted by Gasteiger charge is 2.21. The first-order valence-electron chi connectivity index (χ1n) is 10.7. The minimum atomic E-state index is -3.61. The Morgan fingerprint density at radius 2 is 1.56 bits per heavy atom. The molecule has 0 fully saturated rings. The molecule has 5 nitrogen and oxygen atoms in total. The van der Waals surface area contributed by atoms with Gasteiger partial charge in [-0.1, -0.05) is 42.5 Å². The number of nitrogens with zero attached hydrogens (tertiary/aromatic N) is 2. The van der Waals surface area contributed by atoms with E-state index in [-0.39, 0.29) is 10.6 Å². The highest BCUT2D eigenvalue weighted by molar-refractivity contribution is 7.90. The highest BCUT2D eigenvalue weighted by atomic mass is 32.2. The van der Waals surface area contributed by atoms with Crippen molar-refractivity contribution in [1.29, 1.82) is 0 Å². The normalized spacial score (nSPS) is 11.4. The van der Waals surface area contributed by atoms with E-state index in [9.17, 15) is 8.42 Å². The van der Waals surface area contributed by atoms with Crippen molar-refractivity contribution >= 4 is 21.2 Å². The number of hydrogen-bond donors (Lipinski definition) is 0. The van der Waals surface area contributed by atoms with E-state index in [1.54, 1.807) is 40.3 Å². The van der Waals surface area contributed by atoms with Gasteiger partial charge in [0.25, 0.3) is 0 Å². The molecule has 3 aromatic carbocycles. The Bertz CT molecular complexity index is 1510. The van der Waals surface area contributed by atoms with Gasteiger partial charge in [-0.15, -0.1) is 11.3 Å². The smallest absolute Gasteiger partial charge is 0.184 e. The Balaban J connectivity index is 1.46. The van der Waals surface area contributed by atoms with Crippen LogP contribution in [0.4, 0.5) is 0 Å². The zero-order chi connectivity index (χ0) is 23.5. The Hall–Kier alpha value is -3.68. The van der Waals surface area contributed by atoms with Gasteiger partial charge in [0.05, 0.1) is 26.9 Å². The quantitative estimate of drug-likeness (QED) is 0.258. The lowest BCUT2D eigenvalue weighted by atomic mass is 10.2. The van der Waals surface area contributed by atoms with Crippen LogP contribution in [0.2, 0.25) is 0 Å². The third-order valence-electron chi connectivity index (χ3n) is 5.40. The van der Waals surface area contributed by atoms with Crippen molar-refractivity contribution in [2.45, 2.75) is 17.6 Å². The summed E-state index contributed by atoms with van der Waals surface area (Å²) in [6, 6.07) is 29.5. The van der Waals surface area contributed by atoms with Crippen molar-refractivity contribution in [2.75, 3.05) is 0 Å². The standard InChI is InChI=1S/C27H22N2O3S2/c1-20-8-5-6-11-26(20)29-21(18-25(28-29)27-12-7-17-33-27)19-34(30,31)24-15-13-23(14-16-24)32-22-9-3-2-4-10-22/h2-18H,19H2,1H3. The zero-order valence-electron chi connectivity index (χ0n) is 18.5. The highest BCUT2D eigenvalue weighted by Crippen LogP contribution is 2.29. The van der Waals surface area contributed by atoms with Crippen LogP contribution in [-0.2, 0) is 15.6 Å². The van der Waals surface area contributed by atoms with Crippen molar-refractivity contribution in [1.82, 2.24) is 9.78 Å². The maximum Gasteiger partial charge on any atom is 0.184 e. The molecule has 0 N–H and O–H groups in total. The number of aromatic nitrogens is 2. The number of sulfone groups is 1. The van der Waals surface area contributed by atoms with Gasteiger partial charge in [0.15, 0.2) is 9.84 Å². The molecule has 0 unspecified atom stereocenters. The maximum atomic E-state index is 13.4. The van der Waals surface area contributed by atoms with Gasteiger partial charge in [-0.05, 0) is 72.5 Å². The Morgan fingerprint density at radius 1 is 0.853 bits per heavy atom. The van der Waals surface area contributed by atoms with E-state index in [4.69, 9.17) is 9.84 Å². The molecule has 5 rings (SSSR count). The second kappa shape index (κ2) is 9.29. The molecule has 5 aromatic rings. The first-order chi connectivity index (χ1) is 16.5. The van der Waals surface area contributed by atoms with Gasteiger partial charge in [0.2, 0.25) is 0 Å². The Kier molecular flexibility index (Phi) is 6.04. The van der Waals surface area contributed by atoms with Crippen molar-refractivity contribution in [3.05, 3.63) is 114 Å².